The van der Waals surface area contributed by atoms with E-state index in [4.69, 9.17) is 4.52 Å². The molecule has 1 atom stereocenters. The molecule has 0 bridgehead atoms. The van der Waals surface area contributed by atoms with E-state index in [9.17, 15) is 9.59 Å². The van der Waals surface area contributed by atoms with Crippen LogP contribution in [0.2, 0.25) is 0 Å². The van der Waals surface area contributed by atoms with Gasteiger partial charge in [-0.15, -0.1) is 0 Å². The summed E-state index contributed by atoms with van der Waals surface area (Å²) in [6.07, 6.45) is 2.23. The summed E-state index contributed by atoms with van der Waals surface area (Å²) in [6.45, 7) is 6.75. The first-order valence-electron chi connectivity index (χ1n) is 9.10. The normalized spacial score (nSPS) is 24.8. The highest BCUT2D eigenvalue weighted by Crippen LogP contribution is 2.40. The lowest BCUT2D eigenvalue weighted by molar-refractivity contribution is -0.132. The van der Waals surface area contributed by atoms with Gasteiger partial charge in [0.2, 0.25) is 5.91 Å². The highest BCUT2D eigenvalue weighted by atomic mass is 16.5. The Morgan fingerprint density at radius 3 is 2.80 bits per heavy atom. The van der Waals surface area contributed by atoms with Gasteiger partial charge in [0.1, 0.15) is 5.76 Å². The van der Waals surface area contributed by atoms with Crippen molar-refractivity contribution in [2.24, 2.45) is 0 Å². The molecule has 1 aliphatic carbocycles. The molecule has 136 valence electrons. The minimum Gasteiger partial charge on any atom is -0.360 e. The number of hydrogen-bond acceptors (Lipinski definition) is 6. The van der Waals surface area contributed by atoms with Crippen LogP contribution in [0.25, 0.3) is 0 Å². The van der Waals surface area contributed by atoms with E-state index in [0.717, 1.165) is 44.8 Å². The summed E-state index contributed by atoms with van der Waals surface area (Å²) in [5.74, 6) is 1.29. The molecule has 3 fully saturated rings. The summed E-state index contributed by atoms with van der Waals surface area (Å²) in [4.78, 5) is 30.8. The Morgan fingerprint density at radius 1 is 1.32 bits per heavy atom. The Morgan fingerprint density at radius 2 is 2.08 bits per heavy atom. The maximum absolute atomic E-state index is 12.7. The molecule has 3 heterocycles. The van der Waals surface area contributed by atoms with E-state index < -0.39 is 0 Å². The molecule has 0 spiro atoms. The first kappa shape index (κ1) is 16.5. The Bertz CT molecular complexity index is 650. The van der Waals surface area contributed by atoms with Crippen molar-refractivity contribution in [1.82, 2.24) is 25.2 Å². The molecular weight excluding hydrogens is 322 g/mol. The minimum absolute atomic E-state index is 0.0596. The molecular formula is C17H25N5O3. The molecule has 25 heavy (non-hydrogen) atoms. The van der Waals surface area contributed by atoms with Crippen LogP contribution in [0, 0.1) is 0 Å². The van der Waals surface area contributed by atoms with Crippen molar-refractivity contribution < 1.29 is 14.1 Å². The molecule has 1 N–H and O–H groups in total. The van der Waals surface area contributed by atoms with Crippen molar-refractivity contribution in [3.63, 3.8) is 0 Å². The lowest BCUT2D eigenvalue weighted by atomic mass is 10.2. The van der Waals surface area contributed by atoms with Gasteiger partial charge in [-0.05, 0) is 19.8 Å². The molecule has 2 aliphatic heterocycles. The molecule has 2 saturated heterocycles. The number of nitrogens with zero attached hydrogens (tertiary/aromatic N) is 4. The number of nitrogens with one attached hydrogen (secondary N) is 1. The molecule has 1 saturated carbocycles. The Kier molecular flexibility index (Phi) is 4.47. The average Bonchev–Trinajstić information content (AvgIpc) is 3.24. The number of carbonyl (C=O) groups excluding carboxylic acids is 2. The summed E-state index contributed by atoms with van der Waals surface area (Å²) in [6, 6.07) is 1.84. The topological polar surface area (TPSA) is 81.9 Å². The maximum Gasteiger partial charge on any atom is 0.277 e. The van der Waals surface area contributed by atoms with Gasteiger partial charge in [-0.25, -0.2) is 0 Å². The largest absolute Gasteiger partial charge is 0.360 e. The Balaban J connectivity index is 1.35. The second-order valence-corrected chi connectivity index (χ2v) is 7.30. The summed E-state index contributed by atoms with van der Waals surface area (Å²) >= 11 is 0. The predicted octanol–water partition coefficient (Wildman–Crippen LogP) is 0.0876. The number of hydrogen-bond donors (Lipinski definition) is 1. The van der Waals surface area contributed by atoms with Crippen molar-refractivity contribution in [3.8, 4) is 0 Å². The number of piperazine rings is 1. The zero-order valence-corrected chi connectivity index (χ0v) is 14.6. The van der Waals surface area contributed by atoms with Gasteiger partial charge in [-0.1, -0.05) is 5.16 Å². The van der Waals surface area contributed by atoms with Gasteiger partial charge in [-0.3, -0.25) is 14.5 Å². The second-order valence-electron chi connectivity index (χ2n) is 7.30. The van der Waals surface area contributed by atoms with Crippen molar-refractivity contribution in [1.29, 1.82) is 0 Å². The van der Waals surface area contributed by atoms with Crippen molar-refractivity contribution in [2.75, 3.05) is 45.9 Å². The van der Waals surface area contributed by atoms with Crippen LogP contribution in [-0.4, -0.2) is 83.6 Å². The molecule has 3 aliphatic rings. The van der Waals surface area contributed by atoms with Crippen LogP contribution in [0.5, 0.6) is 0 Å². The number of aromatic nitrogens is 1. The molecule has 1 aromatic heterocycles. The lowest BCUT2D eigenvalue weighted by Gasteiger charge is -2.29. The smallest absolute Gasteiger partial charge is 0.277 e. The van der Waals surface area contributed by atoms with Crippen molar-refractivity contribution >= 4 is 11.8 Å². The fraction of sp³-hybridized carbons (Fsp3) is 0.706. The quantitative estimate of drug-likeness (QED) is 0.831. The van der Waals surface area contributed by atoms with Crippen LogP contribution >= 0.6 is 0 Å². The van der Waals surface area contributed by atoms with Crippen LogP contribution < -0.4 is 5.32 Å². The summed E-state index contributed by atoms with van der Waals surface area (Å²) < 4.78 is 5.30. The van der Waals surface area contributed by atoms with Gasteiger partial charge in [0, 0.05) is 50.7 Å². The third kappa shape index (κ3) is 3.55. The highest BCUT2D eigenvalue weighted by Gasteiger charge is 2.35. The fourth-order valence-electron chi connectivity index (χ4n) is 3.57. The van der Waals surface area contributed by atoms with Crippen LogP contribution in [0.15, 0.2) is 10.6 Å². The third-order valence-corrected chi connectivity index (χ3v) is 5.22. The first-order chi connectivity index (χ1) is 12.1. The molecule has 0 radical (unpaired) electrons. The SMILES string of the molecule is CC1CN(CC(=O)N2CCNCC2)CN1C(=O)c1cc(C2CC2)on1. The van der Waals surface area contributed by atoms with Gasteiger partial charge in [0.15, 0.2) is 5.69 Å². The molecule has 1 aromatic rings. The molecule has 4 rings (SSSR count). The monoisotopic (exact) mass is 347 g/mol. The van der Waals surface area contributed by atoms with Crippen molar-refractivity contribution in [2.45, 2.75) is 31.7 Å². The van der Waals surface area contributed by atoms with E-state index in [1.165, 1.54) is 0 Å². The molecule has 0 aromatic carbocycles. The zero-order valence-electron chi connectivity index (χ0n) is 14.6. The molecule has 8 nitrogen and oxygen atoms in total. The standard InChI is InChI=1S/C17H25N5O3/c1-12-9-20(10-16(23)21-6-4-18-5-7-21)11-22(12)17(24)14-8-15(25-19-14)13-2-3-13/h8,12-13,18H,2-7,9-11H2,1H3. The van der Waals surface area contributed by atoms with Gasteiger partial charge >= 0.3 is 0 Å². The van der Waals surface area contributed by atoms with E-state index in [0.29, 0.717) is 31.4 Å². The summed E-state index contributed by atoms with van der Waals surface area (Å²) in [5.41, 5.74) is 0.379. The first-order valence-corrected chi connectivity index (χ1v) is 9.10. The van der Waals surface area contributed by atoms with Crippen LogP contribution in [0.1, 0.15) is 41.9 Å². The number of rotatable bonds is 4. The van der Waals surface area contributed by atoms with E-state index in [1.54, 1.807) is 11.0 Å². The Hall–Kier alpha value is -1.93. The average molecular weight is 347 g/mol. The lowest BCUT2D eigenvalue weighted by Crippen LogP contribution is -2.49. The zero-order chi connectivity index (χ0) is 17.4. The van der Waals surface area contributed by atoms with Crippen LogP contribution in [0.3, 0.4) is 0 Å². The summed E-state index contributed by atoms with van der Waals surface area (Å²) in [7, 11) is 0. The molecule has 2 amide bonds. The number of carbonyl (C=O) groups is 2. The molecule has 1 unspecified atom stereocenters. The van der Waals surface area contributed by atoms with Crippen LogP contribution in [0.4, 0.5) is 0 Å². The second kappa shape index (κ2) is 6.76. The van der Waals surface area contributed by atoms with E-state index >= 15 is 0 Å². The van der Waals surface area contributed by atoms with Crippen molar-refractivity contribution in [3.05, 3.63) is 17.5 Å². The van der Waals surface area contributed by atoms with E-state index in [2.05, 4.69) is 10.5 Å². The van der Waals surface area contributed by atoms with Gasteiger partial charge in [0.25, 0.3) is 5.91 Å². The predicted molar refractivity (Wildman–Crippen MR) is 90.0 cm³/mol. The van der Waals surface area contributed by atoms with Crippen LogP contribution in [-0.2, 0) is 4.79 Å². The van der Waals surface area contributed by atoms with Gasteiger partial charge < -0.3 is 19.6 Å². The van der Waals surface area contributed by atoms with Gasteiger partial charge in [0.05, 0.1) is 13.2 Å². The van der Waals surface area contributed by atoms with E-state index in [1.807, 2.05) is 16.7 Å². The highest BCUT2D eigenvalue weighted by molar-refractivity contribution is 5.92. The van der Waals surface area contributed by atoms with Gasteiger partial charge in [-0.2, -0.15) is 0 Å². The molecule has 8 heteroatoms. The third-order valence-electron chi connectivity index (χ3n) is 5.22. The maximum atomic E-state index is 12.7. The number of amides is 2. The van der Waals surface area contributed by atoms with E-state index in [-0.39, 0.29) is 17.9 Å². The fourth-order valence-corrected chi connectivity index (χ4v) is 3.57. The Labute approximate surface area is 147 Å². The summed E-state index contributed by atoms with van der Waals surface area (Å²) in [5, 5.41) is 7.20. The minimum atomic E-state index is -0.111.